The van der Waals surface area contributed by atoms with E-state index < -0.39 is 0 Å². The summed E-state index contributed by atoms with van der Waals surface area (Å²) in [6.45, 7) is 3.96. The lowest BCUT2D eigenvalue weighted by atomic mass is 10.1. The van der Waals surface area contributed by atoms with E-state index in [9.17, 15) is 9.59 Å². The highest BCUT2D eigenvalue weighted by atomic mass is 16.2. The minimum Gasteiger partial charge on any atom is -0.330 e. The van der Waals surface area contributed by atoms with E-state index in [1.165, 1.54) is 0 Å². The zero-order valence-electron chi connectivity index (χ0n) is 10.7. The predicted molar refractivity (Wildman–Crippen MR) is 72.4 cm³/mol. The second-order valence-electron chi connectivity index (χ2n) is 3.97. The van der Waals surface area contributed by atoms with Gasteiger partial charge in [0.1, 0.15) is 0 Å². The molecule has 98 valence electrons. The fraction of sp³-hybridized carbons (Fsp3) is 0.385. The van der Waals surface area contributed by atoms with Crippen LogP contribution >= 0.6 is 0 Å². The van der Waals surface area contributed by atoms with Gasteiger partial charge in [0.25, 0.3) is 0 Å². The van der Waals surface area contributed by atoms with Crippen molar-refractivity contribution < 1.29 is 9.59 Å². The van der Waals surface area contributed by atoms with Crippen molar-refractivity contribution in [3.8, 4) is 0 Å². The maximum Gasteiger partial charge on any atom is 0.225 e. The summed E-state index contributed by atoms with van der Waals surface area (Å²) in [5, 5.41) is 5.56. The summed E-state index contributed by atoms with van der Waals surface area (Å²) in [6, 6.07) is 5.39. The highest BCUT2D eigenvalue weighted by Gasteiger charge is 2.08. The number of anilines is 2. The third-order valence-corrected chi connectivity index (χ3v) is 2.57. The average molecular weight is 249 g/mol. The minimum atomic E-state index is -0.125. The molecule has 0 aliphatic rings. The number of hydrogen-bond acceptors (Lipinski definition) is 3. The van der Waals surface area contributed by atoms with Gasteiger partial charge in [0, 0.05) is 30.8 Å². The van der Waals surface area contributed by atoms with Gasteiger partial charge in [-0.1, -0.05) is 13.0 Å². The molecule has 1 aromatic carbocycles. The maximum absolute atomic E-state index is 11.5. The van der Waals surface area contributed by atoms with Crippen molar-refractivity contribution in [2.24, 2.45) is 5.73 Å². The minimum absolute atomic E-state index is 0.0523. The molecule has 0 aliphatic heterocycles. The van der Waals surface area contributed by atoms with Crippen LogP contribution in [0, 0.1) is 6.92 Å². The van der Waals surface area contributed by atoms with Crippen molar-refractivity contribution in [2.75, 3.05) is 17.2 Å². The van der Waals surface area contributed by atoms with Crippen LogP contribution in [0.5, 0.6) is 0 Å². The molecule has 0 spiro atoms. The Morgan fingerprint density at radius 3 is 2.22 bits per heavy atom. The first-order chi connectivity index (χ1) is 8.58. The maximum atomic E-state index is 11.5. The highest BCUT2D eigenvalue weighted by molar-refractivity contribution is 5.95. The van der Waals surface area contributed by atoms with Crippen LogP contribution < -0.4 is 16.4 Å². The van der Waals surface area contributed by atoms with E-state index in [4.69, 9.17) is 5.73 Å². The van der Waals surface area contributed by atoms with Gasteiger partial charge in [0.15, 0.2) is 0 Å². The van der Waals surface area contributed by atoms with Crippen molar-refractivity contribution in [3.05, 3.63) is 23.8 Å². The standard InChI is InChI=1S/C13H19N3O2/c1-3-12(17)15-10-5-4-6-11(9(10)2)16-13(18)7-8-14/h4-6H,3,7-8,14H2,1-2H3,(H,15,17)(H,16,18). The molecule has 5 nitrogen and oxygen atoms in total. The molecular weight excluding hydrogens is 230 g/mol. The molecule has 0 aromatic heterocycles. The van der Waals surface area contributed by atoms with E-state index in [0.717, 1.165) is 5.56 Å². The van der Waals surface area contributed by atoms with E-state index in [2.05, 4.69) is 10.6 Å². The van der Waals surface area contributed by atoms with Crippen molar-refractivity contribution >= 4 is 23.2 Å². The van der Waals surface area contributed by atoms with Crippen LogP contribution in [0.1, 0.15) is 25.3 Å². The number of hydrogen-bond donors (Lipinski definition) is 3. The van der Waals surface area contributed by atoms with E-state index in [-0.39, 0.29) is 18.2 Å². The van der Waals surface area contributed by atoms with Crippen molar-refractivity contribution in [3.63, 3.8) is 0 Å². The fourth-order valence-corrected chi connectivity index (χ4v) is 1.49. The van der Waals surface area contributed by atoms with E-state index in [1.807, 2.05) is 13.0 Å². The Kier molecular flexibility index (Phi) is 5.32. The van der Waals surface area contributed by atoms with Crippen LogP contribution in [0.4, 0.5) is 11.4 Å². The van der Waals surface area contributed by atoms with Crippen LogP contribution in [-0.2, 0) is 9.59 Å². The second-order valence-corrected chi connectivity index (χ2v) is 3.97. The first kappa shape index (κ1) is 14.2. The first-order valence-electron chi connectivity index (χ1n) is 5.97. The third kappa shape index (κ3) is 3.85. The predicted octanol–water partition coefficient (Wildman–Crippen LogP) is 1.63. The molecule has 1 rings (SSSR count). The van der Waals surface area contributed by atoms with Crippen LogP contribution in [0.2, 0.25) is 0 Å². The number of carbonyl (C=O) groups is 2. The zero-order chi connectivity index (χ0) is 13.5. The zero-order valence-corrected chi connectivity index (χ0v) is 10.7. The fourth-order valence-electron chi connectivity index (χ4n) is 1.49. The van der Waals surface area contributed by atoms with Gasteiger partial charge in [-0.05, 0) is 24.6 Å². The molecule has 0 saturated carbocycles. The number of rotatable bonds is 5. The third-order valence-electron chi connectivity index (χ3n) is 2.57. The first-order valence-corrected chi connectivity index (χ1v) is 5.97. The molecule has 1 aromatic rings. The Labute approximate surface area is 107 Å². The van der Waals surface area contributed by atoms with Gasteiger partial charge in [-0.25, -0.2) is 0 Å². The average Bonchev–Trinajstić information content (AvgIpc) is 2.34. The lowest BCUT2D eigenvalue weighted by Gasteiger charge is -2.12. The normalized spacial score (nSPS) is 9.94. The van der Waals surface area contributed by atoms with E-state index in [1.54, 1.807) is 19.1 Å². The van der Waals surface area contributed by atoms with Crippen LogP contribution in [0.3, 0.4) is 0 Å². The van der Waals surface area contributed by atoms with Gasteiger partial charge < -0.3 is 16.4 Å². The van der Waals surface area contributed by atoms with Gasteiger partial charge in [-0.2, -0.15) is 0 Å². The molecule has 0 saturated heterocycles. The molecule has 0 aliphatic carbocycles. The smallest absolute Gasteiger partial charge is 0.225 e. The second kappa shape index (κ2) is 6.76. The molecule has 0 radical (unpaired) electrons. The molecule has 18 heavy (non-hydrogen) atoms. The SMILES string of the molecule is CCC(=O)Nc1cccc(NC(=O)CCN)c1C. The highest BCUT2D eigenvalue weighted by Crippen LogP contribution is 2.23. The molecule has 0 unspecified atom stereocenters. The van der Waals surface area contributed by atoms with Gasteiger partial charge in [0.2, 0.25) is 11.8 Å². The summed E-state index contributed by atoms with van der Waals surface area (Å²) in [5.41, 5.74) is 7.57. The van der Waals surface area contributed by atoms with Crippen molar-refractivity contribution in [1.29, 1.82) is 0 Å². The summed E-state index contributed by atoms with van der Waals surface area (Å²) in [7, 11) is 0. The van der Waals surface area contributed by atoms with Crippen LogP contribution in [0.25, 0.3) is 0 Å². The van der Waals surface area contributed by atoms with E-state index in [0.29, 0.717) is 24.3 Å². The Balaban J connectivity index is 2.84. The molecule has 0 heterocycles. The number of nitrogens with one attached hydrogen (secondary N) is 2. The Bertz CT molecular complexity index is 444. The number of benzene rings is 1. The Morgan fingerprint density at radius 2 is 1.72 bits per heavy atom. The number of amides is 2. The largest absolute Gasteiger partial charge is 0.330 e. The lowest BCUT2D eigenvalue weighted by Crippen LogP contribution is -2.17. The summed E-state index contributed by atoms with van der Waals surface area (Å²) in [4.78, 5) is 22.8. The summed E-state index contributed by atoms with van der Waals surface area (Å²) >= 11 is 0. The quantitative estimate of drug-likeness (QED) is 0.741. The molecule has 2 amide bonds. The number of nitrogens with two attached hydrogens (primary N) is 1. The van der Waals surface area contributed by atoms with Gasteiger partial charge in [-0.15, -0.1) is 0 Å². The van der Waals surface area contributed by atoms with Gasteiger partial charge in [0.05, 0.1) is 0 Å². The summed E-state index contributed by atoms with van der Waals surface area (Å²) in [6.07, 6.45) is 0.703. The Morgan fingerprint density at radius 1 is 1.17 bits per heavy atom. The van der Waals surface area contributed by atoms with Crippen molar-refractivity contribution in [1.82, 2.24) is 0 Å². The molecule has 5 heteroatoms. The van der Waals surface area contributed by atoms with Gasteiger partial charge in [-0.3, -0.25) is 9.59 Å². The number of carbonyl (C=O) groups excluding carboxylic acids is 2. The molecule has 0 atom stereocenters. The van der Waals surface area contributed by atoms with Crippen LogP contribution in [-0.4, -0.2) is 18.4 Å². The lowest BCUT2D eigenvalue weighted by molar-refractivity contribution is -0.116. The topological polar surface area (TPSA) is 84.2 Å². The summed E-state index contributed by atoms with van der Waals surface area (Å²) in [5.74, 6) is -0.178. The van der Waals surface area contributed by atoms with Gasteiger partial charge >= 0.3 is 0 Å². The molecule has 4 N–H and O–H groups in total. The molecule has 0 bridgehead atoms. The van der Waals surface area contributed by atoms with Crippen LogP contribution in [0.15, 0.2) is 18.2 Å². The van der Waals surface area contributed by atoms with Crippen molar-refractivity contribution in [2.45, 2.75) is 26.7 Å². The Hall–Kier alpha value is -1.88. The summed E-state index contributed by atoms with van der Waals surface area (Å²) < 4.78 is 0. The van der Waals surface area contributed by atoms with E-state index >= 15 is 0 Å². The molecular formula is C13H19N3O2. The monoisotopic (exact) mass is 249 g/mol. The molecule has 0 fully saturated rings.